The van der Waals surface area contributed by atoms with Crippen molar-refractivity contribution in [2.24, 2.45) is 20.5 Å². The van der Waals surface area contributed by atoms with Crippen LogP contribution in [-0.4, -0.2) is 31.0 Å². The molecule has 5 aromatic rings. The molecule has 0 radical (unpaired) electrons. The molecule has 5 aromatic carbocycles. The molecule has 14 heteroatoms. The first-order chi connectivity index (χ1) is 21.4. The summed E-state index contributed by atoms with van der Waals surface area (Å²) in [6.07, 6.45) is 0. The van der Waals surface area contributed by atoms with Gasteiger partial charge < -0.3 is 10.0 Å². The van der Waals surface area contributed by atoms with Gasteiger partial charge in [0.2, 0.25) is 0 Å². The van der Waals surface area contributed by atoms with Gasteiger partial charge in [-0.15, -0.1) is 5.11 Å². The van der Waals surface area contributed by atoms with Gasteiger partial charge in [0, 0.05) is 29.7 Å². The zero-order valence-electron chi connectivity index (χ0n) is 23.4. The second kappa shape index (κ2) is 11.8. The van der Waals surface area contributed by atoms with Crippen molar-refractivity contribution < 1.29 is 31.0 Å². The van der Waals surface area contributed by atoms with Crippen LogP contribution in [0.5, 0.6) is 5.75 Å². The molecule has 0 saturated carbocycles. The summed E-state index contributed by atoms with van der Waals surface area (Å²) in [6, 6.07) is 26.8. The van der Waals surface area contributed by atoms with E-state index in [9.17, 15) is 26.5 Å². The number of rotatable bonds is 8. The molecule has 0 fully saturated rings. The van der Waals surface area contributed by atoms with Gasteiger partial charge in [-0.2, -0.15) is 32.2 Å². The fraction of sp³-hybridized carbons (Fsp3) is 0.0968. The van der Waals surface area contributed by atoms with Crippen molar-refractivity contribution in [1.29, 1.82) is 0 Å². The first-order valence-electron chi connectivity index (χ1n) is 13.5. The molecule has 0 unspecified atom stereocenters. The number of anilines is 1. The number of azo groups is 2. The Balaban J connectivity index is 1.25. The van der Waals surface area contributed by atoms with E-state index in [1.165, 1.54) is 35.4 Å². The van der Waals surface area contributed by atoms with Gasteiger partial charge in [0.25, 0.3) is 20.2 Å². The molecule has 0 aromatic heterocycles. The second-order valence-corrected chi connectivity index (χ2v) is 13.2. The van der Waals surface area contributed by atoms with Crippen LogP contribution < -0.4 is 4.90 Å². The van der Waals surface area contributed by atoms with Crippen molar-refractivity contribution in [2.75, 3.05) is 4.90 Å². The van der Waals surface area contributed by atoms with Crippen LogP contribution in [0.2, 0.25) is 0 Å². The number of hydrogen-bond donors (Lipinski definition) is 3. The van der Waals surface area contributed by atoms with E-state index >= 15 is 0 Å². The minimum absolute atomic E-state index is 0.0820. The quantitative estimate of drug-likeness (QED) is 0.114. The van der Waals surface area contributed by atoms with E-state index in [2.05, 4.69) is 37.5 Å². The Labute approximate surface area is 258 Å². The molecule has 0 aliphatic carbocycles. The molecule has 1 aliphatic rings. The summed E-state index contributed by atoms with van der Waals surface area (Å²) in [4.78, 5) is 1.92. The Hall–Kier alpha value is -5.02. The Morgan fingerprint density at radius 2 is 1.20 bits per heavy atom. The minimum Gasteiger partial charge on any atom is -0.505 e. The number of hydrogen-bond acceptors (Lipinski definition) is 10. The smallest absolute Gasteiger partial charge is 0.294 e. The summed E-state index contributed by atoms with van der Waals surface area (Å²) in [5, 5.41) is 28.6. The van der Waals surface area contributed by atoms with E-state index in [0.29, 0.717) is 27.8 Å². The predicted octanol–water partition coefficient (Wildman–Crippen LogP) is 7.53. The maximum Gasteiger partial charge on any atom is 0.294 e. The zero-order chi connectivity index (χ0) is 31.8. The summed E-state index contributed by atoms with van der Waals surface area (Å²) in [6.45, 7) is 1.45. The molecule has 0 saturated heterocycles. The lowest BCUT2D eigenvalue weighted by Gasteiger charge is -2.19. The van der Waals surface area contributed by atoms with E-state index < -0.39 is 26.0 Å². The number of phenolic OH excluding ortho intramolecular Hbond substituents is 1. The number of fused-ring (bicyclic) bond motifs is 2. The topological polar surface area (TPSA) is 182 Å². The first-order valence-corrected chi connectivity index (χ1v) is 16.5. The van der Waals surface area contributed by atoms with Crippen molar-refractivity contribution in [1.82, 2.24) is 0 Å². The standard InChI is InChI=1S/C31H25N5O7S2/c37-31-29-14-11-27(36-17-20-3-1-2-4-21(20)18-36)16-22(29)15-23(19-44(38,39)40)30(31)35-34-25-7-5-24(6-8-25)32-33-26-9-12-28(13-10-26)45(41,42)43/h1-16,37H,17-19H2,(H,38,39,40)(H,41,42,43). The molecule has 1 heterocycles. The number of aromatic hydroxyl groups is 1. The van der Waals surface area contributed by atoms with Gasteiger partial charge in [0.15, 0.2) is 5.75 Å². The molecule has 6 rings (SSSR count). The molecule has 0 amide bonds. The second-order valence-electron chi connectivity index (χ2n) is 10.4. The molecule has 0 spiro atoms. The Morgan fingerprint density at radius 1 is 0.667 bits per heavy atom. The Kier molecular flexibility index (Phi) is 7.88. The molecule has 1 aliphatic heterocycles. The van der Waals surface area contributed by atoms with Gasteiger partial charge in [0.05, 0.1) is 22.0 Å². The van der Waals surface area contributed by atoms with Crippen molar-refractivity contribution in [3.8, 4) is 5.75 Å². The first kappa shape index (κ1) is 30.0. The van der Waals surface area contributed by atoms with Gasteiger partial charge in [-0.1, -0.05) is 24.3 Å². The number of benzene rings is 5. The summed E-state index contributed by atoms with van der Waals surface area (Å²) >= 11 is 0. The summed E-state index contributed by atoms with van der Waals surface area (Å²) < 4.78 is 64.8. The highest BCUT2D eigenvalue weighted by molar-refractivity contribution is 7.85. The van der Waals surface area contributed by atoms with E-state index in [1.54, 1.807) is 36.4 Å². The van der Waals surface area contributed by atoms with Crippen molar-refractivity contribution in [3.63, 3.8) is 0 Å². The van der Waals surface area contributed by atoms with Gasteiger partial charge in [0.1, 0.15) is 11.4 Å². The van der Waals surface area contributed by atoms with Crippen molar-refractivity contribution in [2.45, 2.75) is 23.7 Å². The van der Waals surface area contributed by atoms with E-state index in [4.69, 9.17) is 4.55 Å². The zero-order valence-corrected chi connectivity index (χ0v) is 25.0. The van der Waals surface area contributed by atoms with E-state index in [1.807, 2.05) is 24.3 Å². The summed E-state index contributed by atoms with van der Waals surface area (Å²) in [5.74, 6) is -1.04. The van der Waals surface area contributed by atoms with Gasteiger partial charge in [-0.25, -0.2) is 0 Å². The lowest BCUT2D eigenvalue weighted by molar-refractivity contribution is 0.478. The third kappa shape index (κ3) is 6.89. The highest BCUT2D eigenvalue weighted by Crippen LogP contribution is 2.42. The lowest BCUT2D eigenvalue weighted by atomic mass is 10.0. The molecular weight excluding hydrogens is 619 g/mol. The van der Waals surface area contributed by atoms with E-state index in [-0.39, 0.29) is 21.9 Å². The molecule has 228 valence electrons. The minimum atomic E-state index is -4.46. The molecule has 0 bridgehead atoms. The van der Waals surface area contributed by atoms with Crippen LogP contribution >= 0.6 is 0 Å². The fourth-order valence-electron chi connectivity index (χ4n) is 5.05. The fourth-order valence-corrected chi connectivity index (χ4v) is 6.14. The van der Waals surface area contributed by atoms with Crippen LogP contribution in [0.4, 0.5) is 28.4 Å². The van der Waals surface area contributed by atoms with Crippen LogP contribution in [0.15, 0.2) is 122 Å². The molecule has 0 atom stereocenters. The Bertz CT molecular complexity index is 2180. The summed E-state index contributed by atoms with van der Waals surface area (Å²) in [7, 11) is -8.77. The normalized spacial score (nSPS) is 13.7. The maximum atomic E-state index is 11.9. The van der Waals surface area contributed by atoms with Gasteiger partial charge in [-0.3, -0.25) is 9.11 Å². The monoisotopic (exact) mass is 643 g/mol. The number of phenols is 1. The lowest BCUT2D eigenvalue weighted by Crippen LogP contribution is -2.14. The molecule has 3 N–H and O–H groups in total. The molecular formula is C31H25N5O7S2. The molecule has 12 nitrogen and oxygen atoms in total. The van der Waals surface area contributed by atoms with Gasteiger partial charge >= 0.3 is 0 Å². The number of nitrogens with zero attached hydrogens (tertiary/aromatic N) is 5. The summed E-state index contributed by atoms with van der Waals surface area (Å²) in [5.41, 5.74) is 4.54. The van der Waals surface area contributed by atoms with E-state index in [0.717, 1.165) is 18.8 Å². The maximum absolute atomic E-state index is 11.9. The highest BCUT2D eigenvalue weighted by Gasteiger charge is 2.21. The highest BCUT2D eigenvalue weighted by atomic mass is 32.2. The van der Waals surface area contributed by atoms with Crippen LogP contribution in [0.25, 0.3) is 10.8 Å². The molecule has 45 heavy (non-hydrogen) atoms. The van der Waals surface area contributed by atoms with Gasteiger partial charge in [-0.05, 0) is 89.3 Å². The van der Waals surface area contributed by atoms with Crippen LogP contribution in [0.3, 0.4) is 0 Å². The SMILES string of the molecule is O=S(=O)(O)Cc1cc2cc(N3Cc4ccccc4C3)ccc2c(O)c1N=Nc1ccc(N=Nc2ccc(S(=O)(=O)O)cc2)cc1. The van der Waals surface area contributed by atoms with Crippen molar-refractivity contribution >= 4 is 59.4 Å². The van der Waals surface area contributed by atoms with Crippen LogP contribution in [-0.2, 0) is 39.1 Å². The largest absolute Gasteiger partial charge is 0.505 e. The van der Waals surface area contributed by atoms with Crippen LogP contribution in [0, 0.1) is 0 Å². The predicted molar refractivity (Wildman–Crippen MR) is 168 cm³/mol. The van der Waals surface area contributed by atoms with Crippen LogP contribution in [0.1, 0.15) is 16.7 Å². The van der Waals surface area contributed by atoms with Crippen molar-refractivity contribution in [3.05, 3.63) is 114 Å². The Morgan fingerprint density at radius 3 is 1.73 bits per heavy atom. The third-order valence-corrected chi connectivity index (χ3v) is 8.77. The third-order valence-electron chi connectivity index (χ3n) is 7.22. The average molecular weight is 644 g/mol. The average Bonchev–Trinajstić information content (AvgIpc) is 3.44.